The number of para-hydroxylation sites is 1. The largest absolute Gasteiger partial charge is 0.482 e. The van der Waals surface area contributed by atoms with Crippen LogP contribution < -0.4 is 9.47 Å². The maximum atomic E-state index is 13.9. The van der Waals surface area contributed by atoms with Gasteiger partial charge in [0.25, 0.3) is 0 Å². The van der Waals surface area contributed by atoms with Gasteiger partial charge in [-0.2, -0.15) is 4.31 Å². The number of hydrogen-bond acceptors (Lipinski definition) is 6. The molecule has 274 valence electrons. The van der Waals surface area contributed by atoms with Crippen LogP contribution in [-0.4, -0.2) is 49.6 Å². The first kappa shape index (κ1) is 37.3. The van der Waals surface area contributed by atoms with Crippen LogP contribution in [0.3, 0.4) is 0 Å². The molecule has 0 aliphatic carbocycles. The van der Waals surface area contributed by atoms with E-state index in [2.05, 4.69) is 39.5 Å². The zero-order chi connectivity index (χ0) is 37.1. The van der Waals surface area contributed by atoms with Crippen LogP contribution in [0.15, 0.2) is 120 Å². The topological polar surface area (TPSA) is 102 Å². The average Bonchev–Trinajstić information content (AvgIpc) is 3.12. The quantitative estimate of drug-likeness (QED) is 0.154. The number of hydrogen-bond donors (Lipinski definition) is 1. The summed E-state index contributed by atoms with van der Waals surface area (Å²) in [6.45, 7) is 13.0. The van der Waals surface area contributed by atoms with Crippen LogP contribution in [-0.2, 0) is 31.4 Å². The lowest BCUT2D eigenvalue weighted by atomic mass is 9.63. The molecular formula is C43H49NO7S. The first-order valence-electron chi connectivity index (χ1n) is 17.9. The van der Waals surface area contributed by atoms with Crippen LogP contribution in [0.4, 0.5) is 0 Å². The van der Waals surface area contributed by atoms with Gasteiger partial charge in [-0.25, -0.2) is 13.2 Å². The Morgan fingerprint density at radius 1 is 0.923 bits per heavy atom. The minimum atomic E-state index is -3.69. The molecule has 1 spiro atoms. The van der Waals surface area contributed by atoms with Crippen molar-refractivity contribution in [2.75, 3.05) is 19.7 Å². The molecule has 2 fully saturated rings. The highest BCUT2D eigenvalue weighted by molar-refractivity contribution is 7.89. The van der Waals surface area contributed by atoms with Gasteiger partial charge in [0.1, 0.15) is 17.2 Å². The zero-order valence-corrected chi connectivity index (χ0v) is 31.3. The fourth-order valence-electron chi connectivity index (χ4n) is 7.59. The smallest absolute Gasteiger partial charge is 0.341 e. The van der Waals surface area contributed by atoms with E-state index in [1.807, 2.05) is 73.7 Å². The molecule has 1 N–H and O–H groups in total. The third-order valence-corrected chi connectivity index (χ3v) is 12.5. The van der Waals surface area contributed by atoms with Gasteiger partial charge in [0.2, 0.25) is 10.0 Å². The maximum absolute atomic E-state index is 13.9. The van der Waals surface area contributed by atoms with Crippen molar-refractivity contribution in [1.29, 1.82) is 0 Å². The second-order valence-electron chi connectivity index (χ2n) is 15.2. The molecule has 2 heterocycles. The van der Waals surface area contributed by atoms with Crippen molar-refractivity contribution in [2.24, 2.45) is 11.3 Å². The Morgan fingerprint density at radius 2 is 1.56 bits per heavy atom. The summed E-state index contributed by atoms with van der Waals surface area (Å²) in [4.78, 5) is 11.9. The molecule has 4 aromatic rings. The van der Waals surface area contributed by atoms with Crippen molar-refractivity contribution < 1.29 is 32.5 Å². The number of sulfonamides is 1. The lowest BCUT2D eigenvalue weighted by Crippen LogP contribution is -2.53. The van der Waals surface area contributed by atoms with E-state index in [1.54, 1.807) is 28.6 Å². The number of rotatable bonds is 11. The Labute approximate surface area is 308 Å². The highest BCUT2D eigenvalue weighted by atomic mass is 32.2. The van der Waals surface area contributed by atoms with E-state index in [4.69, 9.17) is 14.2 Å². The zero-order valence-electron chi connectivity index (χ0n) is 30.5. The van der Waals surface area contributed by atoms with Gasteiger partial charge in [-0.15, -0.1) is 0 Å². The Morgan fingerprint density at radius 3 is 2.15 bits per heavy atom. The van der Waals surface area contributed by atoms with Gasteiger partial charge in [0.05, 0.1) is 17.1 Å². The van der Waals surface area contributed by atoms with E-state index in [9.17, 15) is 18.3 Å². The average molecular weight is 724 g/mol. The summed E-state index contributed by atoms with van der Waals surface area (Å²) >= 11 is 0. The lowest BCUT2D eigenvalue weighted by molar-refractivity contribution is -0.166. The first-order valence-corrected chi connectivity index (χ1v) is 19.4. The number of carboxylic acids is 1. The van der Waals surface area contributed by atoms with E-state index in [0.29, 0.717) is 60.1 Å². The van der Waals surface area contributed by atoms with Crippen LogP contribution in [0.5, 0.6) is 17.2 Å². The molecule has 0 aromatic heterocycles. The summed E-state index contributed by atoms with van der Waals surface area (Å²) in [7, 11) is -3.69. The predicted octanol–water partition coefficient (Wildman–Crippen LogP) is 8.98. The lowest BCUT2D eigenvalue weighted by Gasteiger charge is -2.53. The van der Waals surface area contributed by atoms with Crippen molar-refractivity contribution in [1.82, 2.24) is 4.31 Å². The Bertz CT molecular complexity index is 1960. The number of benzene rings is 4. The summed E-state index contributed by atoms with van der Waals surface area (Å²) in [5.41, 5.74) is 3.41. The van der Waals surface area contributed by atoms with Crippen molar-refractivity contribution in [3.8, 4) is 17.2 Å². The van der Waals surface area contributed by atoms with Crippen molar-refractivity contribution in [3.05, 3.63) is 132 Å². The fraction of sp³-hybridized carbons (Fsp3) is 0.372. The number of carbonyl (C=O) groups is 1. The molecule has 0 saturated carbocycles. The van der Waals surface area contributed by atoms with Gasteiger partial charge in [0, 0.05) is 30.0 Å². The van der Waals surface area contributed by atoms with Gasteiger partial charge >= 0.3 is 5.97 Å². The molecule has 3 atom stereocenters. The minimum Gasteiger partial charge on any atom is -0.482 e. The third kappa shape index (κ3) is 8.27. The molecule has 0 bridgehead atoms. The first-order chi connectivity index (χ1) is 24.7. The standard InChI is InChI=1S/C43H49NO7S/c1-30(2)37-28-43(22-24-44(25-23-43)52(47,48)35-19-16-32(17-20-35)42(3,4)5)39(26-31-12-8-6-9-13-31)51-41(37)36-27-34(50-33-14-10-7-11-15-33)18-21-38(36)49-29-40(45)46/h6-21,27,37,39,41H,1,22-26,28-29H2,2-5H3,(H,45,46)/t37-,39+,41-/m0/s1. The monoisotopic (exact) mass is 723 g/mol. The van der Waals surface area contributed by atoms with Crippen molar-refractivity contribution >= 4 is 16.0 Å². The summed E-state index contributed by atoms with van der Waals surface area (Å²) in [6.07, 6.45) is 1.83. The van der Waals surface area contributed by atoms with Crippen molar-refractivity contribution in [2.45, 2.75) is 75.9 Å². The Balaban J connectivity index is 1.33. The molecule has 52 heavy (non-hydrogen) atoms. The highest BCUT2D eigenvalue weighted by Crippen LogP contribution is 2.55. The third-order valence-electron chi connectivity index (χ3n) is 10.6. The molecule has 2 saturated heterocycles. The highest BCUT2D eigenvalue weighted by Gasteiger charge is 2.52. The molecule has 8 nitrogen and oxygen atoms in total. The van der Waals surface area contributed by atoms with E-state index in [-0.39, 0.29) is 22.9 Å². The molecule has 0 unspecified atom stereocenters. The molecular weight excluding hydrogens is 675 g/mol. The van der Waals surface area contributed by atoms with E-state index >= 15 is 0 Å². The molecule has 0 amide bonds. The molecule has 6 rings (SSSR count). The predicted molar refractivity (Wildman–Crippen MR) is 202 cm³/mol. The Hall–Kier alpha value is -4.44. The van der Waals surface area contributed by atoms with Crippen LogP contribution in [0.2, 0.25) is 0 Å². The van der Waals surface area contributed by atoms with Gasteiger partial charge in [0.15, 0.2) is 6.61 Å². The number of piperidine rings is 1. The van der Waals surface area contributed by atoms with E-state index in [0.717, 1.165) is 23.1 Å². The van der Waals surface area contributed by atoms with E-state index in [1.165, 1.54) is 0 Å². The second kappa shape index (κ2) is 15.3. The summed E-state index contributed by atoms with van der Waals surface area (Å²) in [6, 6.07) is 32.3. The van der Waals surface area contributed by atoms with Crippen LogP contribution in [0.25, 0.3) is 0 Å². The van der Waals surface area contributed by atoms with Gasteiger partial charge in [-0.3, -0.25) is 0 Å². The van der Waals surface area contributed by atoms with Crippen LogP contribution in [0.1, 0.15) is 69.8 Å². The minimum absolute atomic E-state index is 0.0778. The van der Waals surface area contributed by atoms with Gasteiger partial charge in [-0.05, 0) is 91.6 Å². The van der Waals surface area contributed by atoms with E-state index < -0.39 is 28.7 Å². The number of ether oxygens (including phenoxy) is 3. The normalized spacial score (nSPS) is 20.7. The SMILES string of the molecule is C=C(C)[C@@H]1CC2(CCN(S(=O)(=O)c3ccc(C(C)(C)C)cc3)CC2)[C@@H](Cc2ccccc2)O[C@H]1c1cc(Oc2ccccc2)ccc1OCC(=O)O. The summed E-state index contributed by atoms with van der Waals surface area (Å²) in [5.74, 6) is 0.416. The Kier molecular flexibility index (Phi) is 11.0. The van der Waals surface area contributed by atoms with Gasteiger partial charge in [-0.1, -0.05) is 93.6 Å². The molecule has 2 aliphatic heterocycles. The second-order valence-corrected chi connectivity index (χ2v) is 17.2. The van der Waals surface area contributed by atoms with Crippen LogP contribution in [0, 0.1) is 11.3 Å². The maximum Gasteiger partial charge on any atom is 0.341 e. The molecule has 4 aromatic carbocycles. The molecule has 9 heteroatoms. The summed E-state index contributed by atoms with van der Waals surface area (Å²) in [5, 5.41) is 9.49. The fourth-order valence-corrected chi connectivity index (χ4v) is 9.03. The number of carboxylic acid groups (broad SMARTS) is 1. The van der Waals surface area contributed by atoms with Gasteiger partial charge < -0.3 is 19.3 Å². The number of nitrogens with zero attached hydrogens (tertiary/aromatic N) is 1. The number of aliphatic carboxylic acids is 1. The van der Waals surface area contributed by atoms with Crippen molar-refractivity contribution in [3.63, 3.8) is 0 Å². The summed E-state index contributed by atoms with van der Waals surface area (Å²) < 4.78 is 48.8. The molecule has 0 radical (unpaired) electrons. The molecule has 2 aliphatic rings. The van der Waals surface area contributed by atoms with Crippen LogP contribution >= 0.6 is 0 Å².